The third-order valence-electron chi connectivity index (χ3n) is 8.41. The first-order valence-corrected chi connectivity index (χ1v) is 15.0. The van der Waals surface area contributed by atoms with Crippen LogP contribution in [0.25, 0.3) is 43.4 Å². The molecule has 0 heterocycles. The van der Waals surface area contributed by atoms with Crippen molar-refractivity contribution in [3.8, 4) is 11.1 Å². The van der Waals surface area contributed by atoms with Gasteiger partial charge in [0.2, 0.25) is 0 Å². The van der Waals surface area contributed by atoms with E-state index in [2.05, 4.69) is 186 Å². The summed E-state index contributed by atoms with van der Waals surface area (Å²) in [5.74, 6) is 0. The smallest absolute Gasteiger partial charge is 0.0543 e. The lowest BCUT2D eigenvalue weighted by atomic mass is 10.0. The molecule has 0 aliphatic rings. The highest BCUT2D eigenvalue weighted by Crippen LogP contribution is 2.40. The number of fused-ring (bicyclic) bond motifs is 3. The van der Waals surface area contributed by atoms with E-state index < -0.39 is 0 Å². The van der Waals surface area contributed by atoms with E-state index in [0.29, 0.717) is 0 Å². The zero-order valence-corrected chi connectivity index (χ0v) is 24.2. The van der Waals surface area contributed by atoms with Crippen LogP contribution in [-0.4, -0.2) is 0 Å². The van der Waals surface area contributed by atoms with E-state index in [1.54, 1.807) is 0 Å². The average molecular weight is 563 g/mol. The number of nitrogens with one attached hydrogen (secondary N) is 1. The number of hydrogen-bond donors (Lipinski definition) is 1. The molecule has 0 bridgehead atoms. The van der Waals surface area contributed by atoms with E-state index in [1.165, 1.54) is 49.1 Å². The molecule has 1 N–H and O–H groups in total. The van der Waals surface area contributed by atoms with Crippen LogP contribution in [0.3, 0.4) is 0 Å². The zero-order valence-electron chi connectivity index (χ0n) is 24.2. The first-order chi connectivity index (χ1) is 21.8. The maximum absolute atomic E-state index is 3.74. The molecule has 0 fully saturated rings. The summed E-state index contributed by atoms with van der Waals surface area (Å²) in [5.41, 5.74) is 8.00. The molecule has 8 aromatic carbocycles. The van der Waals surface area contributed by atoms with Crippen molar-refractivity contribution in [3.05, 3.63) is 176 Å². The Hall–Kier alpha value is -5.86. The van der Waals surface area contributed by atoms with Crippen LogP contribution in [-0.2, 0) is 0 Å². The largest absolute Gasteiger partial charge is 0.355 e. The molecule has 44 heavy (non-hydrogen) atoms. The van der Waals surface area contributed by atoms with E-state index in [0.717, 1.165) is 22.7 Å². The summed E-state index contributed by atoms with van der Waals surface area (Å²) in [7, 11) is 0. The summed E-state index contributed by atoms with van der Waals surface area (Å²) in [4.78, 5) is 2.34. The summed E-state index contributed by atoms with van der Waals surface area (Å²) < 4.78 is 0. The Morgan fingerprint density at radius 1 is 0.364 bits per heavy atom. The van der Waals surface area contributed by atoms with Crippen LogP contribution in [0, 0.1) is 0 Å². The van der Waals surface area contributed by atoms with Crippen LogP contribution >= 0.6 is 0 Å². The van der Waals surface area contributed by atoms with Gasteiger partial charge in [-0.1, -0.05) is 127 Å². The van der Waals surface area contributed by atoms with Crippen LogP contribution in [0.5, 0.6) is 0 Å². The fourth-order valence-corrected chi connectivity index (χ4v) is 6.25. The Morgan fingerprint density at radius 2 is 0.864 bits per heavy atom. The molecule has 0 atom stereocenters. The summed E-state index contributed by atoms with van der Waals surface area (Å²) in [5, 5.41) is 11.1. The topological polar surface area (TPSA) is 15.3 Å². The van der Waals surface area contributed by atoms with Gasteiger partial charge in [-0.2, -0.15) is 0 Å². The Bertz CT molecular complexity index is 2180. The fourth-order valence-electron chi connectivity index (χ4n) is 6.25. The van der Waals surface area contributed by atoms with Gasteiger partial charge >= 0.3 is 0 Å². The minimum absolute atomic E-state index is 1.07. The second-order valence-corrected chi connectivity index (χ2v) is 11.1. The molecule has 0 aromatic heterocycles. The van der Waals surface area contributed by atoms with Gasteiger partial charge in [0.1, 0.15) is 0 Å². The summed E-state index contributed by atoms with van der Waals surface area (Å²) in [6, 6.07) is 62.7. The molecule has 0 aliphatic carbocycles. The second-order valence-electron chi connectivity index (χ2n) is 11.1. The number of rotatable bonds is 6. The monoisotopic (exact) mass is 562 g/mol. The quantitative estimate of drug-likeness (QED) is 0.203. The Kier molecular flexibility index (Phi) is 6.51. The molecule has 8 aromatic rings. The maximum atomic E-state index is 3.74. The molecular weight excluding hydrogens is 532 g/mol. The van der Waals surface area contributed by atoms with Gasteiger partial charge in [0.25, 0.3) is 0 Å². The molecule has 0 unspecified atom stereocenters. The van der Waals surface area contributed by atoms with Crippen LogP contribution in [0.4, 0.5) is 28.4 Å². The first kappa shape index (κ1) is 25.8. The molecule has 0 radical (unpaired) electrons. The number of para-hydroxylation sites is 1. The minimum atomic E-state index is 1.07. The summed E-state index contributed by atoms with van der Waals surface area (Å²) in [6.45, 7) is 0. The molecular formula is C42H30N2. The average Bonchev–Trinajstić information content (AvgIpc) is 3.09. The highest BCUT2D eigenvalue weighted by Gasteiger charge is 2.15. The maximum Gasteiger partial charge on any atom is 0.0543 e. The molecule has 0 amide bonds. The minimum Gasteiger partial charge on any atom is -0.355 e. The van der Waals surface area contributed by atoms with E-state index in [-0.39, 0.29) is 0 Å². The molecule has 0 aliphatic heterocycles. The molecule has 2 nitrogen and oxygen atoms in total. The van der Waals surface area contributed by atoms with Crippen molar-refractivity contribution in [1.82, 2.24) is 0 Å². The normalized spacial score (nSPS) is 11.2. The van der Waals surface area contributed by atoms with Crippen molar-refractivity contribution in [2.75, 3.05) is 10.2 Å². The Balaban J connectivity index is 1.12. The highest BCUT2D eigenvalue weighted by atomic mass is 15.1. The van der Waals surface area contributed by atoms with Gasteiger partial charge in [0, 0.05) is 33.2 Å². The van der Waals surface area contributed by atoms with Gasteiger partial charge in [-0.3, -0.25) is 0 Å². The lowest BCUT2D eigenvalue weighted by Crippen LogP contribution is -2.10. The van der Waals surface area contributed by atoms with E-state index in [4.69, 9.17) is 0 Å². The van der Waals surface area contributed by atoms with Crippen molar-refractivity contribution < 1.29 is 0 Å². The highest BCUT2D eigenvalue weighted by molar-refractivity contribution is 6.12. The van der Waals surface area contributed by atoms with Crippen LogP contribution < -0.4 is 10.2 Å². The molecule has 2 heteroatoms. The van der Waals surface area contributed by atoms with Gasteiger partial charge in [-0.05, 0) is 75.8 Å². The molecule has 8 rings (SSSR count). The first-order valence-electron chi connectivity index (χ1n) is 15.0. The van der Waals surface area contributed by atoms with Crippen molar-refractivity contribution in [2.45, 2.75) is 0 Å². The van der Waals surface area contributed by atoms with Crippen LogP contribution in [0.2, 0.25) is 0 Å². The standard InChI is InChI=1S/C42H30N2/c1-2-15-36(16-3-1)44(41-20-10-14-32-11-4-7-17-38(32)41)37-27-23-31(24-28-37)30-21-25-35(26-22-30)43-42-39-18-8-5-12-33(39)29-34-13-6-9-19-40(34)42/h1-29,43H. The predicted molar refractivity (Wildman–Crippen MR) is 189 cm³/mol. The Morgan fingerprint density at radius 3 is 1.52 bits per heavy atom. The fraction of sp³-hybridized carbons (Fsp3) is 0. The van der Waals surface area contributed by atoms with E-state index in [1.807, 2.05) is 0 Å². The SMILES string of the molecule is c1ccc(N(c2ccc(-c3ccc(Nc4c5ccccc5cc5ccccc45)cc3)cc2)c2cccc3ccccc23)cc1. The zero-order chi connectivity index (χ0) is 29.3. The number of anilines is 5. The third-order valence-corrected chi connectivity index (χ3v) is 8.41. The number of hydrogen-bond acceptors (Lipinski definition) is 2. The van der Waals surface area contributed by atoms with Crippen LogP contribution in [0.1, 0.15) is 0 Å². The number of nitrogens with zero attached hydrogens (tertiary/aromatic N) is 1. The molecule has 0 saturated carbocycles. The lowest BCUT2D eigenvalue weighted by molar-refractivity contribution is 1.30. The van der Waals surface area contributed by atoms with Crippen molar-refractivity contribution >= 4 is 60.8 Å². The van der Waals surface area contributed by atoms with Crippen molar-refractivity contribution in [3.63, 3.8) is 0 Å². The third kappa shape index (κ3) is 4.73. The second kappa shape index (κ2) is 11.1. The predicted octanol–water partition coefficient (Wildman–Crippen LogP) is 12.0. The van der Waals surface area contributed by atoms with E-state index in [9.17, 15) is 0 Å². The van der Waals surface area contributed by atoms with Crippen LogP contribution in [0.15, 0.2) is 176 Å². The summed E-state index contributed by atoms with van der Waals surface area (Å²) in [6.07, 6.45) is 0. The van der Waals surface area contributed by atoms with E-state index >= 15 is 0 Å². The van der Waals surface area contributed by atoms with Gasteiger partial charge in [0.05, 0.1) is 11.4 Å². The lowest BCUT2D eigenvalue weighted by Gasteiger charge is -2.27. The van der Waals surface area contributed by atoms with Crippen molar-refractivity contribution in [1.29, 1.82) is 0 Å². The van der Waals surface area contributed by atoms with Gasteiger partial charge in [0.15, 0.2) is 0 Å². The Labute approximate surface area is 257 Å². The molecule has 0 spiro atoms. The molecule has 208 valence electrons. The van der Waals surface area contributed by atoms with Gasteiger partial charge in [-0.25, -0.2) is 0 Å². The van der Waals surface area contributed by atoms with Gasteiger partial charge in [-0.15, -0.1) is 0 Å². The number of benzene rings is 8. The summed E-state index contributed by atoms with van der Waals surface area (Å²) >= 11 is 0. The van der Waals surface area contributed by atoms with Gasteiger partial charge < -0.3 is 10.2 Å². The molecule has 0 saturated heterocycles. The van der Waals surface area contributed by atoms with Crippen molar-refractivity contribution in [2.24, 2.45) is 0 Å².